The van der Waals surface area contributed by atoms with Gasteiger partial charge >= 0.3 is 6.18 Å². The first-order valence-electron chi connectivity index (χ1n) is 9.90. The number of guanidine groups is 1. The lowest BCUT2D eigenvalue weighted by Gasteiger charge is -2.15. The van der Waals surface area contributed by atoms with Gasteiger partial charge in [-0.2, -0.15) is 13.2 Å². The fraction of sp³-hybridized carbons (Fsp3) is 0.600. The highest BCUT2D eigenvalue weighted by Crippen LogP contribution is 2.29. The molecule has 0 aromatic heterocycles. The molecule has 1 amide bonds. The Bertz CT molecular complexity index is 634. The number of benzene rings is 1. The Kier molecular flexibility index (Phi) is 14.5. The second kappa shape index (κ2) is 15.3. The lowest BCUT2D eigenvalue weighted by Crippen LogP contribution is -2.41. The van der Waals surface area contributed by atoms with Crippen molar-refractivity contribution in [2.75, 3.05) is 32.8 Å². The third kappa shape index (κ3) is 11.0. The zero-order chi connectivity index (χ0) is 21.7. The fourth-order valence-electron chi connectivity index (χ4n) is 2.75. The smallest absolute Gasteiger partial charge is 0.396 e. The lowest BCUT2D eigenvalue weighted by atomic mass is 10.0. The van der Waals surface area contributed by atoms with E-state index in [4.69, 9.17) is 5.11 Å². The Morgan fingerprint density at radius 2 is 1.70 bits per heavy atom. The molecule has 0 aliphatic heterocycles. The van der Waals surface area contributed by atoms with Gasteiger partial charge in [0.1, 0.15) is 0 Å². The van der Waals surface area contributed by atoms with Gasteiger partial charge in [0.25, 0.3) is 5.91 Å². The summed E-state index contributed by atoms with van der Waals surface area (Å²) in [6.07, 6.45) is -1.69. The number of hydrogen-bond acceptors (Lipinski definition) is 3. The quantitative estimate of drug-likeness (QED) is 0.149. The molecule has 1 aromatic carbocycles. The van der Waals surface area contributed by atoms with Crippen molar-refractivity contribution in [3.8, 4) is 0 Å². The number of nitrogens with one attached hydrogen (secondary N) is 3. The standard InChI is InChI=1S/C20H31F3N4O2.HI/c1-3-5-15(10-13-28)14-27-19(24-4-2)26-12-11-25-18(29)16-6-8-17(9-7-16)20(21,22)23;/h6-9,15,28H,3-5,10-14H2,1-2H3,(H,25,29)(H2,24,26,27);1H. The van der Waals surface area contributed by atoms with Crippen LogP contribution >= 0.6 is 24.0 Å². The summed E-state index contributed by atoms with van der Waals surface area (Å²) in [5.74, 6) is 0.503. The van der Waals surface area contributed by atoms with Crippen molar-refractivity contribution >= 4 is 35.8 Å². The maximum absolute atomic E-state index is 12.6. The number of nitrogens with zero attached hydrogens (tertiary/aromatic N) is 1. The van der Waals surface area contributed by atoms with Crippen molar-refractivity contribution in [3.63, 3.8) is 0 Å². The second-order valence-electron chi connectivity index (χ2n) is 6.64. The first-order chi connectivity index (χ1) is 13.8. The average Bonchev–Trinajstić information content (AvgIpc) is 2.68. The van der Waals surface area contributed by atoms with E-state index in [1.807, 2.05) is 6.92 Å². The van der Waals surface area contributed by atoms with Crippen LogP contribution in [0.4, 0.5) is 13.2 Å². The van der Waals surface area contributed by atoms with E-state index in [1.165, 1.54) is 0 Å². The molecule has 1 rings (SSSR count). The van der Waals surface area contributed by atoms with Crippen molar-refractivity contribution < 1.29 is 23.1 Å². The number of hydrogen-bond donors (Lipinski definition) is 4. The van der Waals surface area contributed by atoms with Gasteiger partial charge in [-0.3, -0.25) is 9.79 Å². The average molecular weight is 544 g/mol. The Morgan fingerprint density at radius 1 is 1.07 bits per heavy atom. The number of halogens is 4. The molecule has 1 atom stereocenters. The van der Waals surface area contributed by atoms with Gasteiger partial charge in [-0.15, -0.1) is 24.0 Å². The maximum atomic E-state index is 12.6. The molecule has 6 nitrogen and oxygen atoms in total. The van der Waals surface area contributed by atoms with Gasteiger partial charge in [0.15, 0.2) is 5.96 Å². The Morgan fingerprint density at radius 3 is 2.23 bits per heavy atom. The molecule has 0 aliphatic rings. The molecule has 0 saturated heterocycles. The summed E-state index contributed by atoms with van der Waals surface area (Å²) in [6, 6.07) is 4.10. The molecular weight excluding hydrogens is 512 g/mol. The molecule has 0 aliphatic carbocycles. The fourth-order valence-corrected chi connectivity index (χ4v) is 2.75. The van der Waals surface area contributed by atoms with E-state index in [-0.39, 0.29) is 36.1 Å². The molecule has 4 N–H and O–H groups in total. The van der Waals surface area contributed by atoms with Crippen LogP contribution in [0.3, 0.4) is 0 Å². The third-order valence-corrected chi connectivity index (χ3v) is 4.26. The summed E-state index contributed by atoms with van der Waals surface area (Å²) >= 11 is 0. The van der Waals surface area contributed by atoms with Gasteiger partial charge in [0.05, 0.1) is 5.56 Å². The number of amides is 1. The molecule has 1 unspecified atom stereocenters. The zero-order valence-electron chi connectivity index (χ0n) is 17.4. The van der Waals surface area contributed by atoms with Gasteiger partial charge in [0, 0.05) is 38.3 Å². The maximum Gasteiger partial charge on any atom is 0.416 e. The number of rotatable bonds is 11. The number of carbonyl (C=O) groups excluding carboxylic acids is 1. The third-order valence-electron chi connectivity index (χ3n) is 4.26. The number of carbonyl (C=O) groups is 1. The number of aliphatic hydroxyl groups excluding tert-OH is 1. The van der Waals surface area contributed by atoms with Crippen LogP contribution in [0.5, 0.6) is 0 Å². The summed E-state index contributed by atoms with van der Waals surface area (Å²) in [5.41, 5.74) is -0.616. The van der Waals surface area contributed by atoms with Crippen molar-refractivity contribution in [2.45, 2.75) is 39.3 Å². The molecule has 0 fully saturated rings. The minimum atomic E-state index is -4.42. The minimum absolute atomic E-state index is 0. The minimum Gasteiger partial charge on any atom is -0.396 e. The highest BCUT2D eigenvalue weighted by Gasteiger charge is 2.30. The number of alkyl halides is 3. The Labute approximate surface area is 193 Å². The van der Waals surface area contributed by atoms with E-state index in [0.717, 1.165) is 37.1 Å². The predicted octanol–water partition coefficient (Wildman–Crippen LogP) is 3.41. The van der Waals surface area contributed by atoms with Crippen LogP contribution in [0.25, 0.3) is 0 Å². The molecule has 0 radical (unpaired) electrons. The van der Waals surface area contributed by atoms with Crippen molar-refractivity contribution in [2.24, 2.45) is 10.9 Å². The van der Waals surface area contributed by atoms with Crippen LogP contribution < -0.4 is 16.0 Å². The summed E-state index contributed by atoms with van der Waals surface area (Å²) < 4.78 is 37.7. The monoisotopic (exact) mass is 544 g/mol. The van der Waals surface area contributed by atoms with Gasteiger partial charge in [-0.1, -0.05) is 13.3 Å². The topological polar surface area (TPSA) is 85.8 Å². The SMILES string of the molecule is CCCC(CCO)CN=C(NCC)NCCNC(=O)c1ccc(C(F)(F)F)cc1.I. The largest absolute Gasteiger partial charge is 0.416 e. The van der Waals surface area contributed by atoms with E-state index in [1.54, 1.807) is 0 Å². The number of aliphatic imine (C=N–C) groups is 1. The predicted molar refractivity (Wildman–Crippen MR) is 123 cm³/mol. The van der Waals surface area contributed by atoms with Crippen molar-refractivity contribution in [1.29, 1.82) is 0 Å². The van der Waals surface area contributed by atoms with Crippen molar-refractivity contribution in [3.05, 3.63) is 35.4 Å². The van der Waals surface area contributed by atoms with Gasteiger partial charge < -0.3 is 21.1 Å². The summed E-state index contributed by atoms with van der Waals surface area (Å²) in [5, 5.41) is 18.0. The van der Waals surface area contributed by atoms with Gasteiger partial charge in [-0.05, 0) is 49.9 Å². The molecule has 0 heterocycles. The van der Waals surface area contributed by atoms with Crippen LogP contribution in [0.15, 0.2) is 29.3 Å². The Balaban J connectivity index is 0.00000841. The highest BCUT2D eigenvalue weighted by atomic mass is 127. The van der Waals surface area contributed by atoms with Gasteiger partial charge in [0.2, 0.25) is 0 Å². The molecule has 0 bridgehead atoms. The molecule has 0 spiro atoms. The van der Waals surface area contributed by atoms with Crippen molar-refractivity contribution in [1.82, 2.24) is 16.0 Å². The molecule has 1 aromatic rings. The Hall–Kier alpha value is -1.56. The van der Waals surface area contributed by atoms with Crippen LogP contribution in [0.1, 0.15) is 49.0 Å². The van der Waals surface area contributed by atoms with Crippen LogP contribution in [-0.4, -0.2) is 49.8 Å². The van der Waals surface area contributed by atoms with Crippen LogP contribution in [0, 0.1) is 5.92 Å². The summed E-state index contributed by atoms with van der Waals surface area (Å²) in [6.45, 7) is 6.16. The molecule has 172 valence electrons. The van der Waals surface area contributed by atoms with E-state index >= 15 is 0 Å². The molecule has 0 saturated carbocycles. The molecular formula is C20H32F3IN4O2. The first kappa shape index (κ1) is 28.4. The molecule has 30 heavy (non-hydrogen) atoms. The van der Waals surface area contributed by atoms with E-state index in [2.05, 4.69) is 27.9 Å². The van der Waals surface area contributed by atoms with Crippen LogP contribution in [0.2, 0.25) is 0 Å². The number of aliphatic hydroxyl groups is 1. The first-order valence-corrected chi connectivity index (χ1v) is 9.90. The highest BCUT2D eigenvalue weighted by molar-refractivity contribution is 14.0. The zero-order valence-corrected chi connectivity index (χ0v) is 19.7. The van der Waals surface area contributed by atoms with Crippen LogP contribution in [-0.2, 0) is 6.18 Å². The van der Waals surface area contributed by atoms with E-state index in [9.17, 15) is 18.0 Å². The van der Waals surface area contributed by atoms with Gasteiger partial charge in [-0.25, -0.2) is 0 Å². The summed E-state index contributed by atoms with van der Waals surface area (Å²) in [4.78, 5) is 16.6. The normalized spacial score (nSPS) is 12.7. The lowest BCUT2D eigenvalue weighted by molar-refractivity contribution is -0.137. The van der Waals surface area contributed by atoms with E-state index < -0.39 is 17.6 Å². The van der Waals surface area contributed by atoms with E-state index in [0.29, 0.717) is 44.5 Å². The summed E-state index contributed by atoms with van der Waals surface area (Å²) in [7, 11) is 0. The second-order valence-corrected chi connectivity index (χ2v) is 6.64. The molecule has 10 heteroatoms.